The van der Waals surface area contributed by atoms with Crippen LogP contribution in [0.15, 0.2) is 72.4 Å². The highest BCUT2D eigenvalue weighted by atomic mass is 16.5. The average Bonchev–Trinajstić information content (AvgIpc) is 3.43. The maximum absolute atomic E-state index is 5.95. The third-order valence-electron chi connectivity index (χ3n) is 5.87. The van der Waals surface area contributed by atoms with Gasteiger partial charge in [-0.3, -0.25) is 0 Å². The zero-order valence-corrected chi connectivity index (χ0v) is 18.9. The second-order valence-corrected chi connectivity index (χ2v) is 8.09. The first-order chi connectivity index (χ1) is 16.2. The van der Waals surface area contributed by atoms with Crippen molar-refractivity contribution in [2.24, 2.45) is 5.73 Å². The topological polar surface area (TPSA) is 52.4 Å². The number of aromatic nitrogens is 1. The predicted octanol–water partition coefficient (Wildman–Crippen LogP) is 4.88. The minimum absolute atomic E-state index is 0.625. The second-order valence-electron chi connectivity index (χ2n) is 8.09. The van der Waals surface area contributed by atoms with Gasteiger partial charge in [0.05, 0.1) is 7.11 Å². The zero-order chi connectivity index (χ0) is 22.8. The fourth-order valence-electron chi connectivity index (χ4n) is 4.33. The van der Waals surface area contributed by atoms with Gasteiger partial charge >= 0.3 is 0 Å². The standard InChI is InChI=1S/C27H26BN3O2/c1-19-17-21(31-27(19)25(14-15-29)26-7-4-16-30(26)28-31)11-8-20-9-12-22(13-10-20)33-24-6-3-5-23(18-24)32-2/h3-13,16-18H,14-15,29H2,1-2H3. The SMILES string of the molecule is COc1cccc(Oc2ccc(C=Cc3cc(C)c4n3[B-][N+]3=CC=CC3=C4CCN)cc2)c1. The van der Waals surface area contributed by atoms with Gasteiger partial charge in [0.2, 0.25) is 7.55 Å². The lowest BCUT2D eigenvalue weighted by atomic mass is 9.94. The molecule has 164 valence electrons. The summed E-state index contributed by atoms with van der Waals surface area (Å²) in [4.78, 5) is 0. The van der Waals surface area contributed by atoms with Crippen LogP contribution in [0.1, 0.15) is 28.9 Å². The molecule has 3 aromatic rings. The molecule has 5 rings (SSSR count). The van der Waals surface area contributed by atoms with E-state index in [0.29, 0.717) is 6.54 Å². The molecule has 2 radical (unpaired) electrons. The third-order valence-corrected chi connectivity index (χ3v) is 5.87. The van der Waals surface area contributed by atoms with Crippen LogP contribution < -0.4 is 15.2 Å². The maximum atomic E-state index is 5.95. The van der Waals surface area contributed by atoms with Crippen LogP contribution in [0.5, 0.6) is 17.2 Å². The molecule has 0 bridgehead atoms. The second kappa shape index (κ2) is 9.00. The molecule has 0 saturated heterocycles. The predicted molar refractivity (Wildman–Crippen MR) is 135 cm³/mol. The smallest absolute Gasteiger partial charge is 0.221 e. The Morgan fingerprint density at radius 3 is 2.64 bits per heavy atom. The molecule has 2 aliphatic rings. The van der Waals surface area contributed by atoms with Crippen molar-refractivity contribution in [3.05, 3.63) is 95.0 Å². The van der Waals surface area contributed by atoms with E-state index in [1.54, 1.807) is 7.11 Å². The zero-order valence-electron chi connectivity index (χ0n) is 18.9. The number of rotatable bonds is 7. The molecule has 33 heavy (non-hydrogen) atoms. The molecule has 5 nitrogen and oxygen atoms in total. The maximum Gasteiger partial charge on any atom is 0.221 e. The van der Waals surface area contributed by atoms with E-state index in [4.69, 9.17) is 15.2 Å². The van der Waals surface area contributed by atoms with Gasteiger partial charge in [-0.2, -0.15) is 0 Å². The normalized spacial score (nSPS) is 14.5. The molecule has 0 amide bonds. The lowest BCUT2D eigenvalue weighted by Gasteiger charge is -2.29. The largest absolute Gasteiger partial charge is 0.501 e. The summed E-state index contributed by atoms with van der Waals surface area (Å²) in [6.07, 6.45) is 11.4. The highest BCUT2D eigenvalue weighted by Crippen LogP contribution is 2.33. The molecule has 2 aromatic carbocycles. The first kappa shape index (κ1) is 21.1. The summed E-state index contributed by atoms with van der Waals surface area (Å²) in [6.45, 7) is 2.79. The first-order valence-corrected chi connectivity index (χ1v) is 11.1. The van der Waals surface area contributed by atoms with Gasteiger partial charge in [-0.05, 0) is 67.4 Å². The van der Waals surface area contributed by atoms with Crippen molar-refractivity contribution in [2.45, 2.75) is 13.3 Å². The fraction of sp³-hybridized carbons (Fsp3) is 0.148. The number of nitrogens with zero attached hydrogens (tertiary/aromatic N) is 2. The van der Waals surface area contributed by atoms with Crippen molar-refractivity contribution in [3.8, 4) is 17.2 Å². The van der Waals surface area contributed by atoms with Gasteiger partial charge in [0.1, 0.15) is 23.5 Å². The number of hydrogen-bond donors (Lipinski definition) is 1. The van der Waals surface area contributed by atoms with E-state index in [-0.39, 0.29) is 0 Å². The molecular formula is C27H26BN3O2. The van der Waals surface area contributed by atoms with E-state index in [1.165, 1.54) is 22.5 Å². The number of benzene rings is 2. The molecule has 0 fully saturated rings. The molecule has 3 heterocycles. The fourth-order valence-corrected chi connectivity index (χ4v) is 4.33. The van der Waals surface area contributed by atoms with Gasteiger partial charge in [-0.15, -0.1) is 0 Å². The highest BCUT2D eigenvalue weighted by Gasteiger charge is 2.24. The van der Waals surface area contributed by atoms with Crippen LogP contribution in [0.4, 0.5) is 0 Å². The van der Waals surface area contributed by atoms with Crippen LogP contribution in [0.25, 0.3) is 17.7 Å². The summed E-state index contributed by atoms with van der Waals surface area (Å²) in [7, 11) is 3.79. The van der Waals surface area contributed by atoms with Gasteiger partial charge in [0.15, 0.2) is 5.70 Å². The van der Waals surface area contributed by atoms with Crippen molar-refractivity contribution in [1.29, 1.82) is 0 Å². The van der Waals surface area contributed by atoms with Crippen LogP contribution >= 0.6 is 0 Å². The summed E-state index contributed by atoms with van der Waals surface area (Å²) < 4.78 is 15.6. The molecule has 0 saturated carbocycles. The first-order valence-electron chi connectivity index (χ1n) is 11.1. The van der Waals surface area contributed by atoms with E-state index < -0.39 is 0 Å². The van der Waals surface area contributed by atoms with Crippen molar-refractivity contribution >= 4 is 31.5 Å². The molecular weight excluding hydrogens is 409 g/mol. The quantitative estimate of drug-likeness (QED) is 0.539. The van der Waals surface area contributed by atoms with Crippen LogP contribution in [-0.2, 0) is 0 Å². The number of fused-ring (bicyclic) bond motifs is 2. The highest BCUT2D eigenvalue weighted by molar-refractivity contribution is 6.28. The molecule has 0 spiro atoms. The van der Waals surface area contributed by atoms with Crippen LogP contribution in [-0.4, -0.2) is 36.4 Å². The number of methoxy groups -OCH3 is 1. The summed E-state index contributed by atoms with van der Waals surface area (Å²) in [5.74, 6) is 2.30. The number of hydrogen-bond acceptors (Lipinski definition) is 3. The average molecular weight is 435 g/mol. The summed E-state index contributed by atoms with van der Waals surface area (Å²) in [6, 6.07) is 17.9. The Labute approximate surface area is 195 Å². The molecule has 2 aliphatic heterocycles. The summed E-state index contributed by atoms with van der Waals surface area (Å²) in [5, 5.41) is 0. The minimum Gasteiger partial charge on any atom is -0.501 e. The number of allylic oxidation sites excluding steroid dienone is 2. The van der Waals surface area contributed by atoms with Gasteiger partial charge in [-0.1, -0.05) is 24.3 Å². The number of nitrogens with two attached hydrogens (primary N) is 1. The van der Waals surface area contributed by atoms with Gasteiger partial charge in [-0.25, -0.2) is 0 Å². The molecule has 6 heteroatoms. The van der Waals surface area contributed by atoms with Gasteiger partial charge < -0.3 is 24.2 Å². The van der Waals surface area contributed by atoms with E-state index in [9.17, 15) is 0 Å². The molecule has 2 N–H and O–H groups in total. The Morgan fingerprint density at radius 1 is 1.03 bits per heavy atom. The van der Waals surface area contributed by atoms with Crippen molar-refractivity contribution in [2.75, 3.05) is 13.7 Å². The third kappa shape index (κ3) is 4.17. The van der Waals surface area contributed by atoms with Crippen LogP contribution in [0.3, 0.4) is 0 Å². The minimum atomic E-state index is 0.625. The number of ether oxygens (including phenoxy) is 2. The Balaban J connectivity index is 1.37. The monoisotopic (exact) mass is 435 g/mol. The van der Waals surface area contributed by atoms with Gasteiger partial charge in [0, 0.05) is 35.2 Å². The van der Waals surface area contributed by atoms with Crippen molar-refractivity contribution < 1.29 is 14.0 Å². The Kier molecular flexibility index (Phi) is 5.76. The van der Waals surface area contributed by atoms with Crippen molar-refractivity contribution in [1.82, 2.24) is 4.48 Å². The van der Waals surface area contributed by atoms with E-state index in [2.05, 4.69) is 72.2 Å². The van der Waals surface area contributed by atoms with E-state index in [0.717, 1.165) is 34.9 Å². The Hall–Kier alpha value is -3.77. The Bertz CT molecular complexity index is 1310. The summed E-state index contributed by atoms with van der Waals surface area (Å²) in [5.41, 5.74) is 13.2. The molecule has 1 aromatic heterocycles. The van der Waals surface area contributed by atoms with Crippen molar-refractivity contribution in [3.63, 3.8) is 0 Å². The van der Waals surface area contributed by atoms with Crippen LogP contribution in [0, 0.1) is 6.92 Å². The summed E-state index contributed by atoms with van der Waals surface area (Å²) >= 11 is 0. The molecule has 0 aliphatic carbocycles. The molecule has 0 atom stereocenters. The van der Waals surface area contributed by atoms with E-state index >= 15 is 0 Å². The van der Waals surface area contributed by atoms with Crippen LogP contribution in [0.2, 0.25) is 0 Å². The number of aryl methyl sites for hydroxylation is 1. The van der Waals surface area contributed by atoms with Gasteiger partial charge in [0.25, 0.3) is 0 Å². The Morgan fingerprint density at radius 2 is 1.85 bits per heavy atom. The lowest BCUT2D eigenvalue weighted by Crippen LogP contribution is -2.30. The van der Waals surface area contributed by atoms with E-state index in [1.807, 2.05) is 36.4 Å². The molecule has 0 unspecified atom stereocenters. The lowest BCUT2D eigenvalue weighted by molar-refractivity contribution is -0.307.